The van der Waals surface area contributed by atoms with Crippen molar-refractivity contribution in [3.8, 4) is 0 Å². The van der Waals surface area contributed by atoms with Crippen LogP contribution in [0.4, 0.5) is 0 Å². The minimum atomic E-state index is -0.146. The lowest BCUT2D eigenvalue weighted by Gasteiger charge is -2.15. The van der Waals surface area contributed by atoms with Crippen molar-refractivity contribution in [2.75, 3.05) is 13.1 Å². The van der Waals surface area contributed by atoms with E-state index in [0.717, 1.165) is 13.0 Å². The molecule has 5 nitrogen and oxygen atoms in total. The van der Waals surface area contributed by atoms with E-state index in [4.69, 9.17) is 0 Å². The summed E-state index contributed by atoms with van der Waals surface area (Å²) in [4.78, 5) is 23.0. The van der Waals surface area contributed by atoms with Crippen LogP contribution in [0.25, 0.3) is 0 Å². The van der Waals surface area contributed by atoms with E-state index < -0.39 is 0 Å². The zero-order chi connectivity index (χ0) is 12.1. The van der Waals surface area contributed by atoms with Gasteiger partial charge >= 0.3 is 0 Å². The molecule has 1 rings (SSSR count). The second-order valence-electron chi connectivity index (χ2n) is 4.64. The monoisotopic (exact) mass is 227 g/mol. The molecule has 2 amide bonds. The van der Waals surface area contributed by atoms with Crippen molar-refractivity contribution in [2.45, 2.75) is 39.3 Å². The predicted octanol–water partition coefficient (Wildman–Crippen LogP) is -0.375. The molecule has 0 bridgehead atoms. The third kappa shape index (κ3) is 3.81. The topological polar surface area (TPSA) is 70.2 Å². The smallest absolute Gasteiger partial charge is 0.239 e. The van der Waals surface area contributed by atoms with E-state index in [1.54, 1.807) is 0 Å². The molecule has 2 unspecified atom stereocenters. The van der Waals surface area contributed by atoms with Crippen LogP contribution >= 0.6 is 0 Å². The average Bonchev–Trinajstić information content (AvgIpc) is 2.60. The number of hydrogen-bond acceptors (Lipinski definition) is 3. The number of rotatable bonds is 4. The fourth-order valence-electron chi connectivity index (χ4n) is 1.84. The Balaban J connectivity index is 2.27. The van der Waals surface area contributed by atoms with Crippen molar-refractivity contribution in [1.29, 1.82) is 0 Å². The Morgan fingerprint density at radius 2 is 2.12 bits per heavy atom. The van der Waals surface area contributed by atoms with Gasteiger partial charge in [-0.05, 0) is 32.7 Å². The molecule has 5 heteroatoms. The molecule has 0 aromatic carbocycles. The zero-order valence-electron chi connectivity index (χ0n) is 10.2. The van der Waals surface area contributed by atoms with Crippen molar-refractivity contribution in [1.82, 2.24) is 16.0 Å². The molecule has 1 aliphatic heterocycles. The molecule has 0 aromatic heterocycles. The van der Waals surface area contributed by atoms with E-state index in [0.29, 0.717) is 5.92 Å². The Morgan fingerprint density at radius 1 is 1.44 bits per heavy atom. The van der Waals surface area contributed by atoms with Gasteiger partial charge in [0.1, 0.15) is 0 Å². The number of nitrogens with one attached hydrogen (secondary N) is 3. The molecule has 0 aromatic rings. The second-order valence-corrected chi connectivity index (χ2v) is 4.64. The molecule has 1 aliphatic rings. The van der Waals surface area contributed by atoms with Crippen LogP contribution in [-0.2, 0) is 9.59 Å². The van der Waals surface area contributed by atoms with Crippen LogP contribution in [0.2, 0.25) is 0 Å². The van der Waals surface area contributed by atoms with Crippen molar-refractivity contribution < 1.29 is 9.59 Å². The summed E-state index contributed by atoms with van der Waals surface area (Å²) >= 11 is 0. The first kappa shape index (κ1) is 13.0. The second kappa shape index (κ2) is 5.84. The molecule has 92 valence electrons. The maximum absolute atomic E-state index is 11.7. The van der Waals surface area contributed by atoms with Gasteiger partial charge in [-0.3, -0.25) is 9.59 Å². The van der Waals surface area contributed by atoms with Crippen molar-refractivity contribution in [3.63, 3.8) is 0 Å². The van der Waals surface area contributed by atoms with Gasteiger partial charge in [0.25, 0.3) is 0 Å². The molecule has 1 saturated heterocycles. The minimum absolute atomic E-state index is 0.0575. The van der Waals surface area contributed by atoms with E-state index >= 15 is 0 Å². The average molecular weight is 227 g/mol. The highest BCUT2D eigenvalue weighted by Crippen LogP contribution is 2.13. The highest BCUT2D eigenvalue weighted by Gasteiger charge is 2.29. The van der Waals surface area contributed by atoms with Crippen LogP contribution in [0.5, 0.6) is 0 Å². The molecule has 1 fully saturated rings. The van der Waals surface area contributed by atoms with Gasteiger partial charge in [-0.2, -0.15) is 0 Å². The van der Waals surface area contributed by atoms with Crippen molar-refractivity contribution in [3.05, 3.63) is 0 Å². The van der Waals surface area contributed by atoms with Crippen LogP contribution in [0, 0.1) is 5.92 Å². The van der Waals surface area contributed by atoms with Gasteiger partial charge in [0.05, 0.1) is 12.6 Å². The Bertz CT molecular complexity index is 266. The number of amides is 2. The number of hydrogen-bond donors (Lipinski definition) is 3. The van der Waals surface area contributed by atoms with Gasteiger partial charge in [0, 0.05) is 6.04 Å². The summed E-state index contributed by atoms with van der Waals surface area (Å²) < 4.78 is 0. The van der Waals surface area contributed by atoms with Crippen LogP contribution in [0.1, 0.15) is 27.2 Å². The standard InChI is InChI=1S/C11H21N3O2/c1-7(2)14-9(15)6-13-11(16)10-8(3)4-5-12-10/h7-8,10,12H,4-6H2,1-3H3,(H,13,16)(H,14,15). The van der Waals surface area contributed by atoms with E-state index in [-0.39, 0.29) is 30.4 Å². The molecule has 0 radical (unpaired) electrons. The maximum atomic E-state index is 11.7. The van der Waals surface area contributed by atoms with Gasteiger partial charge in [-0.25, -0.2) is 0 Å². The van der Waals surface area contributed by atoms with E-state index in [2.05, 4.69) is 16.0 Å². The molecule has 3 N–H and O–H groups in total. The maximum Gasteiger partial charge on any atom is 0.239 e. The fraction of sp³-hybridized carbons (Fsp3) is 0.818. The summed E-state index contributed by atoms with van der Waals surface area (Å²) in [5, 5.41) is 8.50. The molecular weight excluding hydrogens is 206 g/mol. The number of carbonyl (C=O) groups excluding carboxylic acids is 2. The number of carbonyl (C=O) groups is 2. The molecule has 16 heavy (non-hydrogen) atoms. The van der Waals surface area contributed by atoms with Crippen LogP contribution in [0.15, 0.2) is 0 Å². The van der Waals surface area contributed by atoms with Gasteiger partial charge in [-0.15, -0.1) is 0 Å². The summed E-state index contributed by atoms with van der Waals surface area (Å²) in [5.74, 6) is 0.117. The molecule has 1 heterocycles. The van der Waals surface area contributed by atoms with Crippen LogP contribution < -0.4 is 16.0 Å². The van der Waals surface area contributed by atoms with Crippen molar-refractivity contribution in [2.24, 2.45) is 5.92 Å². The summed E-state index contributed by atoms with van der Waals surface area (Å²) in [6, 6.07) is -0.0419. The highest BCUT2D eigenvalue weighted by molar-refractivity contribution is 5.87. The van der Waals surface area contributed by atoms with Crippen LogP contribution in [0.3, 0.4) is 0 Å². The van der Waals surface area contributed by atoms with Gasteiger partial charge in [0.15, 0.2) is 0 Å². The Hall–Kier alpha value is -1.10. The first-order valence-corrected chi connectivity index (χ1v) is 5.81. The third-order valence-electron chi connectivity index (χ3n) is 2.69. The van der Waals surface area contributed by atoms with Crippen LogP contribution in [-0.4, -0.2) is 37.0 Å². The van der Waals surface area contributed by atoms with Gasteiger partial charge < -0.3 is 16.0 Å². The van der Waals surface area contributed by atoms with E-state index in [1.165, 1.54) is 0 Å². The molecule has 2 atom stereocenters. The quantitative estimate of drug-likeness (QED) is 0.613. The summed E-state index contributed by atoms with van der Waals surface area (Å²) in [6.07, 6.45) is 1.01. The Labute approximate surface area is 96.4 Å². The lowest BCUT2D eigenvalue weighted by atomic mass is 10.0. The normalized spacial score (nSPS) is 24.5. The lowest BCUT2D eigenvalue weighted by molar-refractivity contribution is -0.127. The first-order chi connectivity index (χ1) is 7.50. The minimum Gasteiger partial charge on any atom is -0.352 e. The highest BCUT2D eigenvalue weighted by atomic mass is 16.2. The summed E-state index contributed by atoms with van der Waals surface area (Å²) in [6.45, 7) is 6.75. The molecule has 0 spiro atoms. The zero-order valence-corrected chi connectivity index (χ0v) is 10.2. The first-order valence-electron chi connectivity index (χ1n) is 5.81. The Morgan fingerprint density at radius 3 is 2.62 bits per heavy atom. The third-order valence-corrected chi connectivity index (χ3v) is 2.69. The van der Waals surface area contributed by atoms with Crippen molar-refractivity contribution >= 4 is 11.8 Å². The Kier molecular flexibility index (Phi) is 4.73. The van der Waals surface area contributed by atoms with Gasteiger partial charge in [0.2, 0.25) is 11.8 Å². The SMILES string of the molecule is CC(C)NC(=O)CNC(=O)C1NCCC1C. The largest absolute Gasteiger partial charge is 0.352 e. The summed E-state index contributed by atoms with van der Waals surface area (Å²) in [7, 11) is 0. The lowest BCUT2D eigenvalue weighted by Crippen LogP contribution is -2.47. The van der Waals surface area contributed by atoms with E-state index in [9.17, 15) is 9.59 Å². The molecule has 0 saturated carbocycles. The van der Waals surface area contributed by atoms with Gasteiger partial charge in [-0.1, -0.05) is 6.92 Å². The molecule has 0 aliphatic carbocycles. The molecular formula is C11H21N3O2. The fourth-order valence-corrected chi connectivity index (χ4v) is 1.84. The predicted molar refractivity (Wildman–Crippen MR) is 61.9 cm³/mol. The van der Waals surface area contributed by atoms with E-state index in [1.807, 2.05) is 20.8 Å². The summed E-state index contributed by atoms with van der Waals surface area (Å²) in [5.41, 5.74) is 0.